The molecule has 12 heavy (non-hydrogen) atoms. The van der Waals surface area contributed by atoms with Crippen molar-refractivity contribution in [3.05, 3.63) is 11.6 Å². The summed E-state index contributed by atoms with van der Waals surface area (Å²) in [5.74, 6) is 1.72. The van der Waals surface area contributed by atoms with Gasteiger partial charge in [0.15, 0.2) is 5.82 Å². The Bertz CT molecular complexity index is 283. The van der Waals surface area contributed by atoms with E-state index in [9.17, 15) is 0 Å². The van der Waals surface area contributed by atoms with Gasteiger partial charge < -0.3 is 10.3 Å². The number of alkyl halides is 1. The van der Waals surface area contributed by atoms with Crippen molar-refractivity contribution in [1.29, 1.82) is 0 Å². The number of rotatable bonds is 1. The Balaban J connectivity index is 2.41. The molecule has 0 fully saturated rings. The van der Waals surface area contributed by atoms with Crippen molar-refractivity contribution >= 4 is 11.6 Å². The maximum Gasteiger partial charge on any atom is 0.151 e. The number of hydrogen-bond donors (Lipinski definition) is 1. The van der Waals surface area contributed by atoms with Crippen LogP contribution in [0.1, 0.15) is 29.9 Å². The van der Waals surface area contributed by atoms with Crippen molar-refractivity contribution in [3.63, 3.8) is 0 Å². The maximum atomic E-state index is 6.05. The number of aromatic nitrogens is 3. The predicted molar refractivity (Wildman–Crippen MR) is 45.7 cm³/mol. The third-order valence-corrected chi connectivity index (χ3v) is 2.57. The zero-order chi connectivity index (χ0) is 8.55. The molecule has 0 amide bonds. The second-order valence-electron chi connectivity index (χ2n) is 2.94. The predicted octanol–water partition coefficient (Wildman–Crippen LogP) is 0.810. The number of nitrogens with two attached hydrogens (primary N) is 1. The number of fused-ring (bicyclic) bond motifs is 1. The first-order valence-electron chi connectivity index (χ1n) is 4.09. The summed E-state index contributed by atoms with van der Waals surface area (Å²) in [5.41, 5.74) is 5.50. The highest BCUT2D eigenvalue weighted by Gasteiger charge is 2.22. The molecule has 1 aliphatic heterocycles. The van der Waals surface area contributed by atoms with Crippen LogP contribution in [0.2, 0.25) is 0 Å². The van der Waals surface area contributed by atoms with Gasteiger partial charge in [0.05, 0.1) is 11.9 Å². The van der Waals surface area contributed by atoms with E-state index in [1.54, 1.807) is 0 Å². The molecule has 2 N–H and O–H groups in total. The zero-order valence-electron chi connectivity index (χ0n) is 6.70. The van der Waals surface area contributed by atoms with E-state index in [2.05, 4.69) is 10.2 Å². The summed E-state index contributed by atoms with van der Waals surface area (Å²) in [6.45, 7) is 1.40. The molecule has 1 atom stereocenters. The summed E-state index contributed by atoms with van der Waals surface area (Å²) in [6.07, 6.45) is 2.08. The van der Waals surface area contributed by atoms with Gasteiger partial charge in [-0.25, -0.2) is 0 Å². The highest BCUT2D eigenvalue weighted by Crippen LogP contribution is 2.29. The first-order valence-corrected chi connectivity index (χ1v) is 4.52. The van der Waals surface area contributed by atoms with Crippen molar-refractivity contribution in [2.75, 3.05) is 0 Å². The molecule has 0 aromatic carbocycles. The Hall–Kier alpha value is -0.610. The van der Waals surface area contributed by atoms with Crippen LogP contribution in [-0.4, -0.2) is 14.8 Å². The molecule has 66 valence electrons. The summed E-state index contributed by atoms with van der Waals surface area (Å²) in [7, 11) is 0. The van der Waals surface area contributed by atoms with Crippen molar-refractivity contribution in [1.82, 2.24) is 14.8 Å². The molecule has 2 rings (SSSR count). The molecule has 0 bridgehead atoms. The normalized spacial score (nSPS) is 22.3. The molecular formula is C7H11ClN4. The van der Waals surface area contributed by atoms with Crippen LogP contribution in [0.15, 0.2) is 0 Å². The van der Waals surface area contributed by atoms with Gasteiger partial charge in [-0.15, -0.1) is 21.8 Å². The van der Waals surface area contributed by atoms with E-state index in [-0.39, 0.29) is 5.38 Å². The molecule has 2 heterocycles. The highest BCUT2D eigenvalue weighted by atomic mass is 35.5. The van der Waals surface area contributed by atoms with Crippen LogP contribution >= 0.6 is 11.6 Å². The van der Waals surface area contributed by atoms with Gasteiger partial charge in [0.2, 0.25) is 0 Å². The minimum Gasteiger partial charge on any atom is -0.324 e. The average Bonchev–Trinajstić information content (AvgIpc) is 2.49. The number of nitrogens with zero attached hydrogens (tertiary/aromatic N) is 3. The third kappa shape index (κ3) is 1.11. The lowest BCUT2D eigenvalue weighted by Crippen LogP contribution is -2.16. The van der Waals surface area contributed by atoms with Gasteiger partial charge in [0.25, 0.3) is 0 Å². The Kier molecular flexibility index (Phi) is 2.02. The van der Waals surface area contributed by atoms with Gasteiger partial charge in [0.1, 0.15) is 5.82 Å². The van der Waals surface area contributed by atoms with Crippen LogP contribution in [0.5, 0.6) is 0 Å². The van der Waals surface area contributed by atoms with Crippen molar-refractivity contribution in [2.45, 2.75) is 31.3 Å². The van der Waals surface area contributed by atoms with E-state index in [1.807, 2.05) is 4.57 Å². The molecule has 0 saturated carbocycles. The fourth-order valence-electron chi connectivity index (χ4n) is 1.53. The Morgan fingerprint density at radius 3 is 3.17 bits per heavy atom. The van der Waals surface area contributed by atoms with E-state index < -0.39 is 0 Å². The zero-order valence-corrected chi connectivity index (χ0v) is 7.46. The fourth-order valence-corrected chi connectivity index (χ4v) is 1.85. The summed E-state index contributed by atoms with van der Waals surface area (Å²) in [5, 5.41) is 8.00. The van der Waals surface area contributed by atoms with E-state index in [0.717, 1.165) is 31.0 Å². The SMILES string of the molecule is NCc1nnc2n1CCCC2Cl. The molecule has 0 spiro atoms. The topological polar surface area (TPSA) is 56.7 Å². The van der Waals surface area contributed by atoms with Gasteiger partial charge in [-0.1, -0.05) is 0 Å². The van der Waals surface area contributed by atoms with Crippen molar-refractivity contribution in [2.24, 2.45) is 5.73 Å². The van der Waals surface area contributed by atoms with E-state index >= 15 is 0 Å². The smallest absolute Gasteiger partial charge is 0.151 e. The first-order chi connectivity index (χ1) is 5.83. The minimum atomic E-state index is 0.0200. The summed E-state index contributed by atoms with van der Waals surface area (Å²) in [6, 6.07) is 0. The van der Waals surface area contributed by atoms with Gasteiger partial charge in [-0.2, -0.15) is 0 Å². The second kappa shape index (κ2) is 3.03. The Morgan fingerprint density at radius 1 is 1.58 bits per heavy atom. The number of halogens is 1. The fraction of sp³-hybridized carbons (Fsp3) is 0.714. The van der Waals surface area contributed by atoms with Crippen LogP contribution in [-0.2, 0) is 13.1 Å². The van der Waals surface area contributed by atoms with Crippen LogP contribution in [0.4, 0.5) is 0 Å². The summed E-state index contributed by atoms with van der Waals surface area (Å²) >= 11 is 6.05. The van der Waals surface area contributed by atoms with Crippen LogP contribution in [0.3, 0.4) is 0 Å². The van der Waals surface area contributed by atoms with Gasteiger partial charge in [-0.3, -0.25) is 0 Å². The van der Waals surface area contributed by atoms with Crippen LogP contribution < -0.4 is 5.73 Å². The highest BCUT2D eigenvalue weighted by molar-refractivity contribution is 6.20. The molecule has 1 aromatic rings. The lowest BCUT2D eigenvalue weighted by atomic mass is 10.1. The lowest BCUT2D eigenvalue weighted by Gasteiger charge is -2.18. The molecule has 0 aliphatic carbocycles. The van der Waals surface area contributed by atoms with E-state index in [4.69, 9.17) is 17.3 Å². The lowest BCUT2D eigenvalue weighted by molar-refractivity contribution is 0.498. The summed E-state index contributed by atoms with van der Waals surface area (Å²) in [4.78, 5) is 0. The van der Waals surface area contributed by atoms with Gasteiger partial charge >= 0.3 is 0 Å². The number of hydrogen-bond acceptors (Lipinski definition) is 3. The molecule has 4 nitrogen and oxygen atoms in total. The van der Waals surface area contributed by atoms with Gasteiger partial charge in [-0.05, 0) is 12.8 Å². The largest absolute Gasteiger partial charge is 0.324 e. The van der Waals surface area contributed by atoms with Crippen molar-refractivity contribution < 1.29 is 0 Å². The first kappa shape index (κ1) is 8.01. The molecular weight excluding hydrogens is 176 g/mol. The van der Waals surface area contributed by atoms with Gasteiger partial charge in [0, 0.05) is 6.54 Å². The minimum absolute atomic E-state index is 0.0200. The monoisotopic (exact) mass is 186 g/mol. The van der Waals surface area contributed by atoms with Crippen molar-refractivity contribution in [3.8, 4) is 0 Å². The molecule has 1 aliphatic rings. The average molecular weight is 187 g/mol. The molecule has 0 radical (unpaired) electrons. The third-order valence-electron chi connectivity index (χ3n) is 2.16. The molecule has 0 saturated heterocycles. The maximum absolute atomic E-state index is 6.05. The standard InChI is InChI=1S/C7H11ClN4/c8-5-2-1-3-12-6(4-9)10-11-7(5)12/h5H,1-4,9H2. The Morgan fingerprint density at radius 2 is 2.42 bits per heavy atom. The van der Waals surface area contributed by atoms with Crippen LogP contribution in [0.25, 0.3) is 0 Å². The molecule has 5 heteroatoms. The second-order valence-corrected chi connectivity index (χ2v) is 3.47. The van der Waals surface area contributed by atoms with E-state index in [1.165, 1.54) is 0 Å². The Labute approximate surface area is 75.7 Å². The molecule has 1 aromatic heterocycles. The molecule has 1 unspecified atom stereocenters. The van der Waals surface area contributed by atoms with E-state index in [0.29, 0.717) is 6.54 Å². The quantitative estimate of drug-likeness (QED) is 0.661. The van der Waals surface area contributed by atoms with Crippen LogP contribution in [0, 0.1) is 0 Å². The summed E-state index contributed by atoms with van der Waals surface area (Å²) < 4.78 is 2.03.